The van der Waals surface area contributed by atoms with Crippen molar-refractivity contribution in [1.82, 2.24) is 20.4 Å². The molecule has 0 amide bonds. The van der Waals surface area contributed by atoms with Gasteiger partial charge in [-0.1, -0.05) is 6.92 Å². The molecule has 0 saturated carbocycles. The van der Waals surface area contributed by atoms with Crippen molar-refractivity contribution in [1.29, 1.82) is 0 Å². The maximum absolute atomic E-state index is 4.55. The number of aliphatic imine (C=N–C) groups is 1. The molecule has 0 aromatic carbocycles. The van der Waals surface area contributed by atoms with Gasteiger partial charge in [0.05, 0.1) is 0 Å². The van der Waals surface area contributed by atoms with E-state index >= 15 is 0 Å². The lowest BCUT2D eigenvalue weighted by Crippen LogP contribution is -2.42. The van der Waals surface area contributed by atoms with E-state index in [1.807, 2.05) is 16.9 Å². The average molecular weight is 379 g/mol. The minimum absolute atomic E-state index is 0. The minimum Gasteiger partial charge on any atom is -0.357 e. The Balaban J connectivity index is 0.00000324. The molecule has 0 aliphatic rings. The van der Waals surface area contributed by atoms with Crippen molar-refractivity contribution in [2.45, 2.75) is 46.2 Å². The van der Waals surface area contributed by atoms with Gasteiger partial charge in [-0.25, -0.2) is 0 Å². The Hall–Kier alpha value is -0.790. The third kappa shape index (κ3) is 8.07. The molecule has 1 heterocycles. The third-order valence-corrected chi connectivity index (χ3v) is 2.71. The summed E-state index contributed by atoms with van der Waals surface area (Å²) in [4.78, 5) is 4.55. The van der Waals surface area contributed by atoms with Crippen LogP contribution in [0.1, 0.15) is 33.6 Å². The second kappa shape index (κ2) is 11.1. The Morgan fingerprint density at radius 1 is 1.42 bits per heavy atom. The van der Waals surface area contributed by atoms with Gasteiger partial charge in [-0.05, 0) is 32.8 Å². The fraction of sp³-hybridized carbons (Fsp3) is 0.692. The van der Waals surface area contributed by atoms with Gasteiger partial charge in [0.2, 0.25) is 0 Å². The molecule has 1 aromatic rings. The Morgan fingerprint density at radius 2 is 2.21 bits per heavy atom. The van der Waals surface area contributed by atoms with E-state index in [0.29, 0.717) is 6.04 Å². The van der Waals surface area contributed by atoms with E-state index in [0.717, 1.165) is 38.4 Å². The molecule has 1 unspecified atom stereocenters. The Bertz CT molecular complexity index is 337. The van der Waals surface area contributed by atoms with Crippen LogP contribution in [0.3, 0.4) is 0 Å². The number of rotatable bonds is 7. The van der Waals surface area contributed by atoms with Crippen LogP contribution in [0.15, 0.2) is 23.5 Å². The average Bonchev–Trinajstić information content (AvgIpc) is 2.87. The number of nitrogens with zero attached hydrogens (tertiary/aromatic N) is 3. The highest BCUT2D eigenvalue weighted by Gasteiger charge is 2.01. The number of nitrogens with one attached hydrogen (secondary N) is 2. The van der Waals surface area contributed by atoms with Gasteiger partial charge < -0.3 is 10.6 Å². The van der Waals surface area contributed by atoms with Crippen molar-refractivity contribution < 1.29 is 0 Å². The van der Waals surface area contributed by atoms with Crippen LogP contribution < -0.4 is 10.6 Å². The Kier molecular flexibility index (Phi) is 10.6. The van der Waals surface area contributed by atoms with Crippen LogP contribution >= 0.6 is 24.0 Å². The van der Waals surface area contributed by atoms with Crippen molar-refractivity contribution in [3.8, 4) is 0 Å². The molecular formula is C13H26IN5. The molecule has 1 aromatic heterocycles. The van der Waals surface area contributed by atoms with E-state index in [1.165, 1.54) is 0 Å². The molecule has 2 N–H and O–H groups in total. The number of aromatic nitrogens is 2. The lowest BCUT2D eigenvalue weighted by Gasteiger charge is -2.16. The van der Waals surface area contributed by atoms with Gasteiger partial charge in [-0.3, -0.25) is 9.67 Å². The van der Waals surface area contributed by atoms with Gasteiger partial charge in [0.15, 0.2) is 5.96 Å². The molecule has 6 heteroatoms. The quantitative estimate of drug-likeness (QED) is 0.331. The van der Waals surface area contributed by atoms with Crippen molar-refractivity contribution >= 4 is 29.9 Å². The summed E-state index contributed by atoms with van der Waals surface area (Å²) in [5.74, 6) is 0.910. The predicted octanol–water partition coefficient (Wildman–Crippen LogP) is 2.24. The van der Waals surface area contributed by atoms with Crippen LogP contribution in [0.4, 0.5) is 0 Å². The molecule has 0 bridgehead atoms. The summed E-state index contributed by atoms with van der Waals surface area (Å²) in [6.07, 6.45) is 5.88. The zero-order valence-electron chi connectivity index (χ0n) is 12.1. The molecule has 110 valence electrons. The molecule has 0 aliphatic heterocycles. The zero-order chi connectivity index (χ0) is 13.2. The van der Waals surface area contributed by atoms with E-state index in [9.17, 15) is 0 Å². The summed E-state index contributed by atoms with van der Waals surface area (Å²) in [6, 6.07) is 2.39. The highest BCUT2D eigenvalue weighted by atomic mass is 127. The molecule has 5 nitrogen and oxygen atoms in total. The maximum Gasteiger partial charge on any atom is 0.191 e. The summed E-state index contributed by atoms with van der Waals surface area (Å²) in [5.41, 5.74) is 0. The normalized spacial score (nSPS) is 12.7. The number of halogens is 1. The first-order valence-corrected chi connectivity index (χ1v) is 6.78. The Labute approximate surface area is 133 Å². The largest absolute Gasteiger partial charge is 0.357 e. The van der Waals surface area contributed by atoms with Crippen molar-refractivity contribution in [3.05, 3.63) is 18.5 Å². The van der Waals surface area contributed by atoms with Gasteiger partial charge in [-0.15, -0.1) is 24.0 Å². The first-order valence-electron chi connectivity index (χ1n) is 6.78. The highest BCUT2D eigenvalue weighted by Crippen LogP contribution is 1.91. The fourth-order valence-corrected chi connectivity index (χ4v) is 1.51. The van der Waals surface area contributed by atoms with Crippen molar-refractivity contribution in [2.75, 3.05) is 13.1 Å². The topological polar surface area (TPSA) is 54.2 Å². The van der Waals surface area contributed by atoms with E-state index in [1.54, 1.807) is 6.20 Å². The molecule has 0 radical (unpaired) electrons. The molecule has 19 heavy (non-hydrogen) atoms. The van der Waals surface area contributed by atoms with Gasteiger partial charge in [0.25, 0.3) is 0 Å². The number of aryl methyl sites for hydroxylation is 1. The SMILES string of the molecule is CCNC(=NCCCn1cccn1)NC(C)CC.I. The summed E-state index contributed by atoms with van der Waals surface area (Å²) in [7, 11) is 0. The second-order valence-electron chi connectivity index (χ2n) is 4.34. The van der Waals surface area contributed by atoms with Crippen LogP contribution in [0.2, 0.25) is 0 Å². The van der Waals surface area contributed by atoms with E-state index < -0.39 is 0 Å². The number of hydrogen-bond acceptors (Lipinski definition) is 2. The standard InChI is InChI=1S/C13H25N5.HI/c1-4-12(3)17-13(14-5-2)15-8-6-10-18-11-7-9-16-18;/h7,9,11-12H,4-6,8,10H2,1-3H3,(H2,14,15,17);1H. The lowest BCUT2D eigenvalue weighted by atomic mass is 10.3. The molecule has 0 fully saturated rings. The zero-order valence-corrected chi connectivity index (χ0v) is 14.4. The maximum atomic E-state index is 4.55. The third-order valence-electron chi connectivity index (χ3n) is 2.71. The van der Waals surface area contributed by atoms with Crippen LogP contribution in [0.5, 0.6) is 0 Å². The first kappa shape index (κ1) is 18.2. The summed E-state index contributed by atoms with van der Waals surface area (Å²) in [5, 5.41) is 10.8. The first-order chi connectivity index (χ1) is 8.76. The van der Waals surface area contributed by atoms with E-state index in [4.69, 9.17) is 0 Å². The minimum atomic E-state index is 0. The van der Waals surface area contributed by atoms with E-state index in [2.05, 4.69) is 41.5 Å². The smallest absolute Gasteiger partial charge is 0.191 e. The van der Waals surface area contributed by atoms with Crippen molar-refractivity contribution in [3.63, 3.8) is 0 Å². The molecule has 0 spiro atoms. The second-order valence-corrected chi connectivity index (χ2v) is 4.34. The Morgan fingerprint density at radius 3 is 2.79 bits per heavy atom. The van der Waals surface area contributed by atoms with Crippen LogP contribution in [0, 0.1) is 0 Å². The number of guanidine groups is 1. The van der Waals surface area contributed by atoms with Crippen LogP contribution in [-0.4, -0.2) is 34.9 Å². The monoisotopic (exact) mass is 379 g/mol. The number of hydrogen-bond donors (Lipinski definition) is 2. The van der Waals surface area contributed by atoms with Crippen LogP contribution in [0.25, 0.3) is 0 Å². The molecule has 0 saturated heterocycles. The summed E-state index contributed by atoms with van der Waals surface area (Å²) >= 11 is 0. The van der Waals surface area contributed by atoms with Gasteiger partial charge in [-0.2, -0.15) is 5.10 Å². The fourth-order valence-electron chi connectivity index (χ4n) is 1.51. The predicted molar refractivity (Wildman–Crippen MR) is 91.1 cm³/mol. The highest BCUT2D eigenvalue weighted by molar-refractivity contribution is 14.0. The van der Waals surface area contributed by atoms with Crippen LogP contribution in [-0.2, 0) is 6.54 Å². The summed E-state index contributed by atoms with van der Waals surface area (Å²) in [6.45, 7) is 9.03. The molecule has 1 rings (SSSR count). The molecular weight excluding hydrogens is 353 g/mol. The van der Waals surface area contributed by atoms with Crippen molar-refractivity contribution in [2.24, 2.45) is 4.99 Å². The van der Waals surface area contributed by atoms with Gasteiger partial charge >= 0.3 is 0 Å². The van der Waals surface area contributed by atoms with Gasteiger partial charge in [0, 0.05) is 38.1 Å². The molecule has 0 aliphatic carbocycles. The lowest BCUT2D eigenvalue weighted by molar-refractivity contribution is 0.580. The molecule has 1 atom stereocenters. The van der Waals surface area contributed by atoms with Gasteiger partial charge in [0.1, 0.15) is 0 Å². The summed E-state index contributed by atoms with van der Waals surface area (Å²) < 4.78 is 1.94. The van der Waals surface area contributed by atoms with E-state index in [-0.39, 0.29) is 24.0 Å².